The first-order valence-corrected chi connectivity index (χ1v) is 7.11. The summed E-state index contributed by atoms with van der Waals surface area (Å²) in [5, 5.41) is 1.93. The molecular formula is C15H17ClF3NO3. The third kappa shape index (κ3) is 6.09. The van der Waals surface area contributed by atoms with E-state index >= 15 is 0 Å². The first-order valence-electron chi connectivity index (χ1n) is 6.74. The maximum atomic E-state index is 12.9. The third-order valence-corrected chi connectivity index (χ3v) is 3.05. The molecule has 0 aliphatic rings. The van der Waals surface area contributed by atoms with Crippen molar-refractivity contribution >= 4 is 24.0 Å². The molecule has 0 aromatic heterocycles. The predicted molar refractivity (Wildman–Crippen MR) is 79.2 cm³/mol. The number of carbonyl (C=O) groups excluding carboxylic acids is 2. The van der Waals surface area contributed by atoms with E-state index in [1.54, 1.807) is 20.8 Å². The zero-order chi connectivity index (χ0) is 17.8. The number of nitrogens with one attached hydrogen (secondary N) is 1. The maximum Gasteiger partial charge on any atom is 0.417 e. The van der Waals surface area contributed by atoms with Crippen LogP contribution in [0.5, 0.6) is 0 Å². The molecule has 0 saturated carbocycles. The third-order valence-electron chi connectivity index (χ3n) is 2.72. The first-order chi connectivity index (χ1) is 10.4. The Labute approximate surface area is 137 Å². The van der Waals surface area contributed by atoms with E-state index in [1.807, 2.05) is 0 Å². The fourth-order valence-corrected chi connectivity index (χ4v) is 2.03. The second kappa shape index (κ2) is 7.21. The van der Waals surface area contributed by atoms with Crippen molar-refractivity contribution in [1.82, 2.24) is 5.32 Å². The van der Waals surface area contributed by atoms with Gasteiger partial charge in [-0.1, -0.05) is 17.7 Å². The van der Waals surface area contributed by atoms with E-state index in [-0.39, 0.29) is 12.0 Å². The van der Waals surface area contributed by atoms with Gasteiger partial charge < -0.3 is 14.8 Å². The van der Waals surface area contributed by atoms with Crippen LogP contribution in [0.2, 0.25) is 5.02 Å². The van der Waals surface area contributed by atoms with E-state index < -0.39 is 34.5 Å². The number of halogens is 4. The highest BCUT2D eigenvalue weighted by Crippen LogP contribution is 2.36. The number of hydrogen-bond donors (Lipinski definition) is 1. The average Bonchev–Trinajstić information content (AvgIpc) is 2.35. The molecule has 23 heavy (non-hydrogen) atoms. The SMILES string of the molecule is CC(C)(C)OC(=O)N[C@H](CC=O)c1ccc(Cl)c(C(F)(F)F)c1. The van der Waals surface area contributed by atoms with E-state index in [1.165, 1.54) is 6.07 Å². The van der Waals surface area contributed by atoms with E-state index in [4.69, 9.17) is 16.3 Å². The molecule has 128 valence electrons. The molecule has 1 N–H and O–H groups in total. The molecule has 4 nitrogen and oxygen atoms in total. The maximum absolute atomic E-state index is 12.9. The highest BCUT2D eigenvalue weighted by molar-refractivity contribution is 6.31. The average molecular weight is 352 g/mol. The lowest BCUT2D eigenvalue weighted by molar-refractivity contribution is -0.137. The largest absolute Gasteiger partial charge is 0.444 e. The van der Waals surface area contributed by atoms with Crippen LogP contribution in [0.25, 0.3) is 0 Å². The number of benzene rings is 1. The monoisotopic (exact) mass is 351 g/mol. The highest BCUT2D eigenvalue weighted by atomic mass is 35.5. The zero-order valence-corrected chi connectivity index (χ0v) is 13.6. The lowest BCUT2D eigenvalue weighted by atomic mass is 10.0. The summed E-state index contributed by atoms with van der Waals surface area (Å²) in [4.78, 5) is 22.5. The van der Waals surface area contributed by atoms with Crippen molar-refractivity contribution < 1.29 is 27.5 Å². The molecule has 1 amide bonds. The summed E-state index contributed by atoms with van der Waals surface area (Å²) in [6.45, 7) is 4.93. The Morgan fingerprint density at radius 3 is 2.43 bits per heavy atom. The molecule has 0 saturated heterocycles. The lowest BCUT2D eigenvalue weighted by Gasteiger charge is -2.23. The van der Waals surface area contributed by atoms with Gasteiger partial charge >= 0.3 is 12.3 Å². The van der Waals surface area contributed by atoms with Gasteiger partial charge in [-0.2, -0.15) is 13.2 Å². The normalized spacial score (nSPS) is 13.3. The summed E-state index contributed by atoms with van der Waals surface area (Å²) in [7, 11) is 0. The number of rotatable bonds is 4. The molecule has 1 aromatic carbocycles. The predicted octanol–water partition coefficient (Wildman–Crippen LogP) is 4.51. The van der Waals surface area contributed by atoms with Crippen LogP contribution in [0.15, 0.2) is 18.2 Å². The van der Waals surface area contributed by atoms with Gasteiger partial charge in [0.15, 0.2) is 0 Å². The Morgan fingerprint density at radius 1 is 1.35 bits per heavy atom. The van der Waals surface area contributed by atoms with Crippen LogP contribution in [-0.4, -0.2) is 18.0 Å². The van der Waals surface area contributed by atoms with Crippen molar-refractivity contribution in [2.24, 2.45) is 0 Å². The fourth-order valence-electron chi connectivity index (χ4n) is 1.80. The van der Waals surface area contributed by atoms with E-state index in [9.17, 15) is 22.8 Å². The summed E-state index contributed by atoms with van der Waals surface area (Å²) < 4.78 is 43.7. The van der Waals surface area contributed by atoms with Crippen LogP contribution >= 0.6 is 11.6 Å². The second-order valence-electron chi connectivity index (χ2n) is 5.84. The van der Waals surface area contributed by atoms with Gasteiger partial charge in [-0.15, -0.1) is 0 Å². The summed E-state index contributed by atoms with van der Waals surface area (Å²) in [6, 6.07) is 2.27. The van der Waals surface area contributed by atoms with Gasteiger partial charge in [0.05, 0.1) is 16.6 Å². The number of alkyl halides is 3. The van der Waals surface area contributed by atoms with E-state index in [0.717, 1.165) is 12.1 Å². The number of ether oxygens (including phenoxy) is 1. The molecule has 0 spiro atoms. The Balaban J connectivity index is 3.06. The lowest BCUT2D eigenvalue weighted by Crippen LogP contribution is -2.35. The minimum atomic E-state index is -4.63. The van der Waals surface area contributed by atoms with Crippen molar-refractivity contribution in [3.8, 4) is 0 Å². The quantitative estimate of drug-likeness (QED) is 0.812. The molecule has 0 fully saturated rings. The van der Waals surface area contributed by atoms with Crippen LogP contribution in [-0.2, 0) is 15.7 Å². The summed E-state index contributed by atoms with van der Waals surface area (Å²) in [5.74, 6) is 0. The van der Waals surface area contributed by atoms with Gasteiger partial charge in [0.2, 0.25) is 0 Å². The Bertz CT molecular complexity index is 582. The molecule has 0 aliphatic heterocycles. The van der Waals surface area contributed by atoms with Crippen LogP contribution in [0.4, 0.5) is 18.0 Å². The molecule has 1 atom stereocenters. The second-order valence-corrected chi connectivity index (χ2v) is 6.25. The smallest absolute Gasteiger partial charge is 0.417 e. The molecule has 0 radical (unpaired) electrons. The van der Waals surface area contributed by atoms with E-state index in [2.05, 4.69) is 5.32 Å². The Kier molecular flexibility index (Phi) is 6.04. The fraction of sp³-hybridized carbons (Fsp3) is 0.467. The number of alkyl carbamates (subject to hydrolysis) is 1. The summed E-state index contributed by atoms with van der Waals surface area (Å²) >= 11 is 5.55. The van der Waals surface area contributed by atoms with Crippen molar-refractivity contribution in [1.29, 1.82) is 0 Å². The van der Waals surface area contributed by atoms with Crippen LogP contribution < -0.4 is 5.32 Å². The molecular weight excluding hydrogens is 335 g/mol. The van der Waals surface area contributed by atoms with Gasteiger partial charge in [0, 0.05) is 6.42 Å². The first kappa shape index (κ1) is 19.3. The van der Waals surface area contributed by atoms with Crippen molar-refractivity contribution in [3.05, 3.63) is 34.3 Å². The topological polar surface area (TPSA) is 55.4 Å². The number of carbonyl (C=O) groups is 2. The number of aldehydes is 1. The van der Waals surface area contributed by atoms with Gasteiger partial charge in [0.1, 0.15) is 11.9 Å². The minimum absolute atomic E-state index is 0.111. The molecule has 0 heterocycles. The van der Waals surface area contributed by atoms with Gasteiger partial charge in [-0.3, -0.25) is 0 Å². The van der Waals surface area contributed by atoms with Crippen LogP contribution in [0, 0.1) is 0 Å². The minimum Gasteiger partial charge on any atom is -0.444 e. The van der Waals surface area contributed by atoms with Gasteiger partial charge in [-0.05, 0) is 38.5 Å². The summed E-state index contributed by atoms with van der Waals surface area (Å²) in [6.07, 6.45) is -5.15. The van der Waals surface area contributed by atoms with Crippen LogP contribution in [0.1, 0.15) is 44.4 Å². The van der Waals surface area contributed by atoms with E-state index in [0.29, 0.717) is 6.29 Å². The van der Waals surface area contributed by atoms with Crippen molar-refractivity contribution in [2.75, 3.05) is 0 Å². The number of hydrogen-bond acceptors (Lipinski definition) is 3. The summed E-state index contributed by atoms with van der Waals surface area (Å²) in [5.41, 5.74) is -1.69. The molecule has 8 heteroatoms. The molecule has 1 rings (SSSR count). The Hall–Kier alpha value is -1.76. The van der Waals surface area contributed by atoms with Crippen molar-refractivity contribution in [3.63, 3.8) is 0 Å². The van der Waals surface area contributed by atoms with Gasteiger partial charge in [0.25, 0.3) is 0 Å². The van der Waals surface area contributed by atoms with Crippen LogP contribution in [0.3, 0.4) is 0 Å². The molecule has 1 aromatic rings. The standard InChI is InChI=1S/C15H17ClF3NO3/c1-14(2,3)23-13(22)20-12(6-7-21)9-4-5-11(16)10(8-9)15(17,18)19/h4-5,7-8,12H,6H2,1-3H3,(H,20,22)/t12-/m1/s1. The van der Waals surface area contributed by atoms with Gasteiger partial charge in [-0.25, -0.2) is 4.79 Å². The Morgan fingerprint density at radius 2 is 1.96 bits per heavy atom. The number of amides is 1. The zero-order valence-electron chi connectivity index (χ0n) is 12.8. The molecule has 0 aliphatic carbocycles. The molecule has 0 bridgehead atoms. The molecule has 0 unspecified atom stereocenters. The highest BCUT2D eigenvalue weighted by Gasteiger charge is 2.34. The van der Waals surface area contributed by atoms with Crippen molar-refractivity contribution in [2.45, 2.75) is 45.0 Å².